The van der Waals surface area contributed by atoms with Crippen LogP contribution in [0.4, 0.5) is 17.1 Å². The summed E-state index contributed by atoms with van der Waals surface area (Å²) in [5, 5.41) is 16.8. The highest BCUT2D eigenvalue weighted by atomic mass is 16.6. The molecule has 0 fully saturated rings. The minimum absolute atomic E-state index is 0.101. The summed E-state index contributed by atoms with van der Waals surface area (Å²) < 4.78 is 0. The molecule has 0 radical (unpaired) electrons. The summed E-state index contributed by atoms with van der Waals surface area (Å²) in [6.45, 7) is 5.39. The molecule has 1 aromatic carbocycles. The van der Waals surface area contributed by atoms with E-state index in [4.69, 9.17) is 0 Å². The molecule has 0 spiro atoms. The number of non-ortho nitro benzene ring substituents is 1. The second-order valence-corrected chi connectivity index (χ2v) is 3.09. The van der Waals surface area contributed by atoms with Gasteiger partial charge in [0.25, 0.3) is 5.69 Å². The zero-order valence-electron chi connectivity index (χ0n) is 8.91. The first-order valence-corrected chi connectivity index (χ1v) is 4.94. The lowest BCUT2D eigenvalue weighted by Crippen LogP contribution is -2.01. The number of anilines is 2. The molecule has 0 heterocycles. The van der Waals surface area contributed by atoms with Gasteiger partial charge in [0.1, 0.15) is 0 Å². The average molecular weight is 209 g/mol. The second kappa shape index (κ2) is 5.19. The van der Waals surface area contributed by atoms with E-state index in [2.05, 4.69) is 10.6 Å². The minimum atomic E-state index is -0.387. The van der Waals surface area contributed by atoms with Crippen molar-refractivity contribution in [2.75, 3.05) is 23.7 Å². The Bertz CT molecular complexity index is 328. The Morgan fingerprint density at radius 3 is 1.93 bits per heavy atom. The Labute approximate surface area is 88.6 Å². The Morgan fingerprint density at radius 1 is 1.13 bits per heavy atom. The van der Waals surface area contributed by atoms with Crippen LogP contribution in [-0.4, -0.2) is 18.0 Å². The van der Waals surface area contributed by atoms with Crippen LogP contribution in [0.1, 0.15) is 13.8 Å². The number of benzene rings is 1. The van der Waals surface area contributed by atoms with E-state index in [0.717, 1.165) is 24.5 Å². The highest BCUT2D eigenvalue weighted by Gasteiger charge is 2.08. The molecule has 0 aliphatic carbocycles. The van der Waals surface area contributed by atoms with Gasteiger partial charge in [-0.05, 0) is 19.9 Å². The van der Waals surface area contributed by atoms with Crippen LogP contribution in [-0.2, 0) is 0 Å². The second-order valence-electron chi connectivity index (χ2n) is 3.09. The minimum Gasteiger partial charge on any atom is -0.385 e. The van der Waals surface area contributed by atoms with E-state index in [1.54, 1.807) is 0 Å². The highest BCUT2D eigenvalue weighted by molar-refractivity contribution is 5.63. The van der Waals surface area contributed by atoms with Gasteiger partial charge in [0, 0.05) is 36.6 Å². The summed E-state index contributed by atoms with van der Waals surface area (Å²) in [5.74, 6) is 0. The van der Waals surface area contributed by atoms with Gasteiger partial charge in [-0.15, -0.1) is 0 Å². The summed E-state index contributed by atoms with van der Waals surface area (Å²) >= 11 is 0. The highest BCUT2D eigenvalue weighted by Crippen LogP contribution is 2.24. The van der Waals surface area contributed by atoms with E-state index in [1.165, 1.54) is 12.1 Å². The molecule has 0 amide bonds. The van der Waals surface area contributed by atoms with Crippen LogP contribution < -0.4 is 10.6 Å². The topological polar surface area (TPSA) is 67.2 Å². The summed E-state index contributed by atoms with van der Waals surface area (Å²) in [4.78, 5) is 10.3. The van der Waals surface area contributed by atoms with Crippen molar-refractivity contribution >= 4 is 17.1 Å². The van der Waals surface area contributed by atoms with Gasteiger partial charge in [0.2, 0.25) is 0 Å². The van der Waals surface area contributed by atoms with Crippen molar-refractivity contribution in [2.24, 2.45) is 0 Å². The van der Waals surface area contributed by atoms with Crippen molar-refractivity contribution in [1.29, 1.82) is 0 Å². The lowest BCUT2D eigenvalue weighted by atomic mass is 10.2. The first-order valence-electron chi connectivity index (χ1n) is 4.94. The number of nitro groups is 1. The smallest absolute Gasteiger partial charge is 0.273 e. The fourth-order valence-electron chi connectivity index (χ4n) is 1.33. The Balaban J connectivity index is 3.02. The van der Waals surface area contributed by atoms with E-state index in [1.807, 2.05) is 19.9 Å². The number of nitrogens with one attached hydrogen (secondary N) is 2. The standard InChI is InChI=1S/C10H15N3O2/c1-3-11-8-5-9(12-4-2)7-10(6-8)13(14)15/h5-7,11-12H,3-4H2,1-2H3. The van der Waals surface area contributed by atoms with E-state index in [-0.39, 0.29) is 10.6 Å². The van der Waals surface area contributed by atoms with Crippen molar-refractivity contribution < 1.29 is 4.92 Å². The molecular weight excluding hydrogens is 194 g/mol. The molecule has 2 N–H and O–H groups in total. The SMILES string of the molecule is CCNc1cc(NCC)cc([N+](=O)[O-])c1. The Kier molecular flexibility index (Phi) is 3.91. The fraction of sp³-hybridized carbons (Fsp3) is 0.400. The molecular formula is C10H15N3O2. The van der Waals surface area contributed by atoms with Crippen LogP contribution in [0.5, 0.6) is 0 Å². The molecule has 0 bridgehead atoms. The Morgan fingerprint density at radius 2 is 1.60 bits per heavy atom. The van der Waals surface area contributed by atoms with Crippen LogP contribution in [0.3, 0.4) is 0 Å². The maximum absolute atomic E-state index is 10.7. The van der Waals surface area contributed by atoms with Gasteiger partial charge in [-0.3, -0.25) is 10.1 Å². The predicted molar refractivity (Wildman–Crippen MR) is 61.4 cm³/mol. The largest absolute Gasteiger partial charge is 0.385 e. The molecule has 0 aliphatic heterocycles. The molecule has 0 aromatic heterocycles. The van der Waals surface area contributed by atoms with Gasteiger partial charge >= 0.3 is 0 Å². The quantitative estimate of drug-likeness (QED) is 0.577. The lowest BCUT2D eigenvalue weighted by Gasteiger charge is -2.07. The summed E-state index contributed by atoms with van der Waals surface area (Å²) in [6.07, 6.45) is 0. The number of hydrogen-bond acceptors (Lipinski definition) is 4. The molecule has 0 aliphatic rings. The molecule has 5 nitrogen and oxygen atoms in total. The molecule has 82 valence electrons. The van der Waals surface area contributed by atoms with Gasteiger partial charge in [-0.2, -0.15) is 0 Å². The van der Waals surface area contributed by atoms with Crippen molar-refractivity contribution in [3.63, 3.8) is 0 Å². The van der Waals surface area contributed by atoms with Gasteiger partial charge < -0.3 is 10.6 Å². The van der Waals surface area contributed by atoms with Crippen molar-refractivity contribution in [3.05, 3.63) is 28.3 Å². The molecule has 0 saturated heterocycles. The van der Waals surface area contributed by atoms with E-state index >= 15 is 0 Å². The molecule has 1 aromatic rings. The van der Waals surface area contributed by atoms with Gasteiger partial charge in [-0.1, -0.05) is 0 Å². The van der Waals surface area contributed by atoms with E-state index in [0.29, 0.717) is 0 Å². The predicted octanol–water partition coefficient (Wildman–Crippen LogP) is 2.46. The number of nitro benzene ring substituents is 1. The first kappa shape index (κ1) is 11.3. The molecule has 1 rings (SSSR count). The van der Waals surface area contributed by atoms with Gasteiger partial charge in [0.05, 0.1) is 4.92 Å². The summed E-state index contributed by atoms with van der Waals surface area (Å²) in [6, 6.07) is 4.93. The third-order valence-electron chi connectivity index (χ3n) is 1.89. The number of hydrogen-bond donors (Lipinski definition) is 2. The van der Waals surface area contributed by atoms with Crippen LogP contribution >= 0.6 is 0 Å². The third-order valence-corrected chi connectivity index (χ3v) is 1.89. The number of rotatable bonds is 5. The van der Waals surface area contributed by atoms with Crippen LogP contribution in [0.25, 0.3) is 0 Å². The average Bonchev–Trinajstić information content (AvgIpc) is 2.18. The lowest BCUT2D eigenvalue weighted by molar-refractivity contribution is -0.384. The van der Waals surface area contributed by atoms with Gasteiger partial charge in [0.15, 0.2) is 0 Å². The molecule has 15 heavy (non-hydrogen) atoms. The van der Waals surface area contributed by atoms with Crippen LogP contribution in [0.15, 0.2) is 18.2 Å². The maximum Gasteiger partial charge on any atom is 0.273 e. The molecule has 5 heteroatoms. The van der Waals surface area contributed by atoms with Crippen LogP contribution in [0.2, 0.25) is 0 Å². The van der Waals surface area contributed by atoms with Gasteiger partial charge in [-0.25, -0.2) is 0 Å². The van der Waals surface area contributed by atoms with Crippen molar-refractivity contribution in [2.45, 2.75) is 13.8 Å². The van der Waals surface area contributed by atoms with E-state index in [9.17, 15) is 10.1 Å². The molecule has 0 unspecified atom stereocenters. The first-order chi connectivity index (χ1) is 7.17. The fourth-order valence-corrected chi connectivity index (χ4v) is 1.33. The summed E-state index contributed by atoms with van der Waals surface area (Å²) in [7, 11) is 0. The third kappa shape index (κ3) is 3.12. The van der Waals surface area contributed by atoms with E-state index < -0.39 is 0 Å². The maximum atomic E-state index is 10.7. The normalized spacial score (nSPS) is 9.73. The van der Waals surface area contributed by atoms with Crippen molar-refractivity contribution in [1.82, 2.24) is 0 Å². The molecule has 0 saturated carbocycles. The zero-order valence-corrected chi connectivity index (χ0v) is 8.91. The van der Waals surface area contributed by atoms with Crippen molar-refractivity contribution in [3.8, 4) is 0 Å². The zero-order chi connectivity index (χ0) is 11.3. The summed E-state index contributed by atoms with van der Waals surface area (Å²) in [5.41, 5.74) is 1.63. The Hall–Kier alpha value is -1.78. The monoisotopic (exact) mass is 209 g/mol. The molecule has 0 atom stereocenters. The number of nitrogens with zero attached hydrogens (tertiary/aromatic N) is 1. The van der Waals surface area contributed by atoms with Crippen LogP contribution in [0, 0.1) is 10.1 Å².